The largest absolute Gasteiger partial charge is 0.493 e. The molecule has 3 aromatic carbocycles. The molecule has 0 bridgehead atoms. The lowest BCUT2D eigenvalue weighted by atomic mass is 10.1. The van der Waals surface area contributed by atoms with E-state index in [4.69, 9.17) is 18.9 Å². The van der Waals surface area contributed by atoms with Crippen molar-refractivity contribution in [3.05, 3.63) is 78.5 Å². The Kier molecular flexibility index (Phi) is 7.47. The molecule has 4 aromatic rings. The molecule has 0 spiro atoms. The van der Waals surface area contributed by atoms with Gasteiger partial charge in [0.1, 0.15) is 18.3 Å². The van der Waals surface area contributed by atoms with Gasteiger partial charge in [-0.15, -0.1) is 0 Å². The monoisotopic (exact) mass is 535 g/mol. The molecule has 0 atom stereocenters. The highest BCUT2D eigenvalue weighted by molar-refractivity contribution is 5.97. The van der Waals surface area contributed by atoms with Gasteiger partial charge < -0.3 is 29.6 Å². The number of methoxy groups -OCH3 is 2. The second kappa shape index (κ2) is 11.1. The zero-order chi connectivity index (χ0) is 27.4. The SMILES string of the molecule is COc1cc2nccc(Oc3ccc(NC(=O)C4(COCNc5ccc(F)cc5)CC4)cc3F)c2cc1OC. The van der Waals surface area contributed by atoms with Crippen molar-refractivity contribution in [2.75, 3.05) is 38.2 Å². The lowest BCUT2D eigenvalue weighted by Crippen LogP contribution is -2.29. The summed E-state index contributed by atoms with van der Waals surface area (Å²) in [5, 5.41) is 6.42. The number of pyridine rings is 1. The summed E-state index contributed by atoms with van der Waals surface area (Å²) in [6.07, 6.45) is 2.90. The van der Waals surface area contributed by atoms with Crippen LogP contribution in [0.5, 0.6) is 23.0 Å². The topological polar surface area (TPSA) is 90.9 Å². The van der Waals surface area contributed by atoms with Gasteiger partial charge in [0.25, 0.3) is 0 Å². The summed E-state index contributed by atoms with van der Waals surface area (Å²) in [5.41, 5.74) is 0.958. The van der Waals surface area contributed by atoms with Crippen LogP contribution < -0.4 is 24.8 Å². The summed E-state index contributed by atoms with van der Waals surface area (Å²) >= 11 is 0. The van der Waals surface area contributed by atoms with E-state index in [1.807, 2.05) is 0 Å². The number of rotatable bonds is 11. The van der Waals surface area contributed by atoms with Gasteiger partial charge >= 0.3 is 0 Å². The number of nitrogens with zero attached hydrogens (tertiary/aromatic N) is 1. The van der Waals surface area contributed by atoms with Crippen LogP contribution in [0.1, 0.15) is 12.8 Å². The lowest BCUT2D eigenvalue weighted by molar-refractivity contribution is -0.123. The molecule has 1 heterocycles. The number of carbonyl (C=O) groups excluding carboxylic acids is 1. The number of ether oxygens (including phenoxy) is 4. The van der Waals surface area contributed by atoms with Gasteiger partial charge in [0.05, 0.1) is 31.8 Å². The smallest absolute Gasteiger partial charge is 0.232 e. The van der Waals surface area contributed by atoms with Crippen molar-refractivity contribution < 1.29 is 32.5 Å². The molecular formula is C29H27F2N3O5. The fourth-order valence-electron chi connectivity index (χ4n) is 4.12. The maximum absolute atomic E-state index is 15.0. The molecule has 10 heteroatoms. The van der Waals surface area contributed by atoms with Gasteiger partial charge in [0.2, 0.25) is 5.91 Å². The first-order valence-electron chi connectivity index (χ1n) is 12.3. The van der Waals surface area contributed by atoms with Gasteiger partial charge in [-0.2, -0.15) is 0 Å². The molecule has 0 saturated heterocycles. The van der Waals surface area contributed by atoms with Crippen molar-refractivity contribution in [2.24, 2.45) is 5.41 Å². The minimum Gasteiger partial charge on any atom is -0.493 e. The second-order valence-corrected chi connectivity index (χ2v) is 9.19. The van der Waals surface area contributed by atoms with Crippen LogP contribution in [0.3, 0.4) is 0 Å². The summed E-state index contributed by atoms with van der Waals surface area (Å²) in [6, 6.07) is 15.2. The molecule has 8 nitrogen and oxygen atoms in total. The molecule has 0 aliphatic heterocycles. The van der Waals surface area contributed by atoms with Gasteiger partial charge in [-0.1, -0.05) is 0 Å². The number of carbonyl (C=O) groups is 1. The van der Waals surface area contributed by atoms with Gasteiger partial charge in [-0.05, 0) is 61.4 Å². The molecule has 1 aliphatic carbocycles. The molecule has 2 N–H and O–H groups in total. The quantitative estimate of drug-likeness (QED) is 0.176. The fraction of sp³-hybridized carbons (Fsp3) is 0.241. The highest BCUT2D eigenvalue weighted by Crippen LogP contribution is 2.47. The summed E-state index contributed by atoms with van der Waals surface area (Å²) in [5.74, 6) is 0.195. The van der Waals surface area contributed by atoms with Crippen molar-refractivity contribution in [3.8, 4) is 23.0 Å². The summed E-state index contributed by atoms with van der Waals surface area (Å²) < 4.78 is 50.2. The molecule has 1 fully saturated rings. The van der Waals surface area contributed by atoms with Gasteiger partial charge in [0.15, 0.2) is 23.1 Å². The third-order valence-corrected chi connectivity index (χ3v) is 6.55. The van der Waals surface area contributed by atoms with Crippen LogP contribution >= 0.6 is 0 Å². The molecular weight excluding hydrogens is 508 g/mol. The average molecular weight is 536 g/mol. The summed E-state index contributed by atoms with van der Waals surface area (Å²) in [6.45, 7) is 0.379. The van der Waals surface area contributed by atoms with Crippen LogP contribution in [0.15, 0.2) is 66.9 Å². The number of fused-ring (bicyclic) bond motifs is 1. The standard InChI is InChI=1S/C29H27F2N3O5/c1-36-26-14-21-23(15-27(26)37-2)32-12-9-24(21)39-25-8-7-20(13-22(25)31)34-28(35)29(10-11-29)16-38-17-33-19-5-3-18(30)4-6-19/h3-9,12-15,33H,10-11,16-17H2,1-2H3,(H,34,35). The van der Waals surface area contributed by atoms with E-state index < -0.39 is 11.2 Å². The van der Waals surface area contributed by atoms with Crippen molar-refractivity contribution in [2.45, 2.75) is 12.8 Å². The van der Waals surface area contributed by atoms with Crippen molar-refractivity contribution in [1.82, 2.24) is 4.98 Å². The van der Waals surface area contributed by atoms with Gasteiger partial charge in [-0.3, -0.25) is 9.78 Å². The predicted octanol–water partition coefficient (Wildman–Crippen LogP) is 6.13. The van der Waals surface area contributed by atoms with Crippen molar-refractivity contribution in [3.63, 3.8) is 0 Å². The van der Waals surface area contributed by atoms with E-state index in [0.29, 0.717) is 52.4 Å². The average Bonchev–Trinajstić information content (AvgIpc) is 3.74. The normalized spacial score (nSPS) is 13.5. The number of aromatic nitrogens is 1. The molecule has 202 valence electrons. The zero-order valence-electron chi connectivity index (χ0n) is 21.4. The van der Waals surface area contributed by atoms with Crippen molar-refractivity contribution >= 4 is 28.2 Å². The van der Waals surface area contributed by atoms with E-state index in [-0.39, 0.29) is 30.8 Å². The first-order chi connectivity index (χ1) is 18.9. The Morgan fingerprint density at radius 2 is 1.62 bits per heavy atom. The molecule has 5 rings (SSSR count). The predicted molar refractivity (Wildman–Crippen MR) is 142 cm³/mol. The van der Waals surface area contributed by atoms with Crippen LogP contribution in [-0.2, 0) is 9.53 Å². The number of hydrogen-bond donors (Lipinski definition) is 2. The molecule has 1 saturated carbocycles. The molecule has 1 amide bonds. The Morgan fingerprint density at radius 1 is 0.897 bits per heavy atom. The second-order valence-electron chi connectivity index (χ2n) is 9.19. The summed E-state index contributed by atoms with van der Waals surface area (Å²) in [7, 11) is 3.06. The Labute approximate surface area is 223 Å². The molecule has 0 unspecified atom stereocenters. The van der Waals surface area contributed by atoms with Crippen molar-refractivity contribution in [1.29, 1.82) is 0 Å². The Hall–Kier alpha value is -4.44. The Morgan fingerprint density at radius 3 is 2.31 bits per heavy atom. The number of anilines is 2. The number of hydrogen-bond acceptors (Lipinski definition) is 7. The van der Waals surface area contributed by atoms with E-state index in [0.717, 1.165) is 0 Å². The molecule has 1 aliphatic rings. The van der Waals surface area contributed by atoms with E-state index in [1.165, 1.54) is 38.5 Å². The van der Waals surface area contributed by atoms with Gasteiger partial charge in [-0.25, -0.2) is 8.78 Å². The molecule has 39 heavy (non-hydrogen) atoms. The Balaban J connectivity index is 1.21. The van der Waals surface area contributed by atoms with Crippen LogP contribution in [0.2, 0.25) is 0 Å². The highest BCUT2D eigenvalue weighted by Gasteiger charge is 2.50. The first-order valence-corrected chi connectivity index (χ1v) is 12.3. The highest BCUT2D eigenvalue weighted by atomic mass is 19.1. The number of halogens is 2. The maximum Gasteiger partial charge on any atom is 0.232 e. The van der Waals surface area contributed by atoms with E-state index in [1.54, 1.807) is 42.6 Å². The van der Waals surface area contributed by atoms with E-state index in [2.05, 4.69) is 15.6 Å². The third kappa shape index (κ3) is 5.85. The minimum atomic E-state index is -0.661. The Bertz CT molecular complexity index is 1490. The third-order valence-electron chi connectivity index (χ3n) is 6.55. The first kappa shape index (κ1) is 26.2. The van der Waals surface area contributed by atoms with Crippen LogP contribution in [-0.4, -0.2) is 38.4 Å². The minimum absolute atomic E-state index is 0.00776. The molecule has 0 radical (unpaired) electrons. The van der Waals surface area contributed by atoms with Crippen LogP contribution in [0.4, 0.5) is 20.2 Å². The fourth-order valence-corrected chi connectivity index (χ4v) is 4.12. The number of amides is 1. The van der Waals surface area contributed by atoms with Crippen LogP contribution in [0, 0.1) is 17.0 Å². The molecule has 1 aromatic heterocycles. The zero-order valence-corrected chi connectivity index (χ0v) is 21.4. The maximum atomic E-state index is 15.0. The van der Waals surface area contributed by atoms with E-state index in [9.17, 15) is 9.18 Å². The van der Waals surface area contributed by atoms with Crippen LogP contribution in [0.25, 0.3) is 10.9 Å². The summed E-state index contributed by atoms with van der Waals surface area (Å²) in [4.78, 5) is 17.2. The number of benzene rings is 3. The van der Waals surface area contributed by atoms with E-state index >= 15 is 4.39 Å². The number of nitrogens with one attached hydrogen (secondary N) is 2. The van der Waals surface area contributed by atoms with Gasteiger partial charge in [0, 0.05) is 35.1 Å². The lowest BCUT2D eigenvalue weighted by Gasteiger charge is -2.17.